The van der Waals surface area contributed by atoms with Crippen molar-refractivity contribution in [3.63, 3.8) is 0 Å². The lowest BCUT2D eigenvalue weighted by atomic mass is 10.1. The number of benzene rings is 2. The first-order valence-corrected chi connectivity index (χ1v) is 8.14. The minimum atomic E-state index is -0.0507. The lowest BCUT2D eigenvalue weighted by Gasteiger charge is -2.11. The van der Waals surface area contributed by atoms with Crippen molar-refractivity contribution in [3.05, 3.63) is 56.5 Å². The maximum atomic E-state index is 12.0. The average Bonchev–Trinajstić information content (AvgIpc) is 2.42. The fraction of sp³-hybridized carbons (Fsp3) is 0.188. The van der Waals surface area contributed by atoms with Crippen LogP contribution in [0.5, 0.6) is 0 Å². The van der Waals surface area contributed by atoms with E-state index in [4.69, 9.17) is 5.73 Å². The number of hydrogen-bond acceptors (Lipinski definition) is 2. The number of nitrogens with two attached hydrogens (primary N) is 1. The number of amides is 1. The van der Waals surface area contributed by atoms with Crippen LogP contribution < -0.4 is 11.1 Å². The summed E-state index contributed by atoms with van der Waals surface area (Å²) in [6.45, 7) is 2.05. The van der Waals surface area contributed by atoms with Crippen molar-refractivity contribution in [3.8, 4) is 0 Å². The second kappa shape index (κ2) is 7.09. The zero-order chi connectivity index (χ0) is 15.4. The molecule has 0 saturated carbocycles. The molecule has 0 aliphatic carbocycles. The Bertz CT molecular complexity index is 631. The molecule has 0 fully saturated rings. The normalized spacial score (nSPS) is 10.4. The zero-order valence-corrected chi connectivity index (χ0v) is 14.8. The molecule has 0 radical (unpaired) electrons. The van der Waals surface area contributed by atoms with E-state index in [0.717, 1.165) is 14.5 Å². The van der Waals surface area contributed by atoms with E-state index in [-0.39, 0.29) is 5.91 Å². The number of nitrogen functional groups attached to an aromatic ring is 1. The summed E-state index contributed by atoms with van der Waals surface area (Å²) in [5.74, 6) is -0.0507. The molecule has 0 bridgehead atoms. The van der Waals surface area contributed by atoms with Crippen LogP contribution >= 0.6 is 31.9 Å². The molecular weight excluding hydrogens is 396 g/mol. The fourth-order valence-corrected chi connectivity index (χ4v) is 3.30. The minimum Gasteiger partial charge on any atom is -0.397 e. The van der Waals surface area contributed by atoms with Gasteiger partial charge in [-0.05, 0) is 47.0 Å². The van der Waals surface area contributed by atoms with Gasteiger partial charge in [0.15, 0.2) is 0 Å². The Hall–Kier alpha value is -1.33. The molecule has 0 atom stereocenters. The monoisotopic (exact) mass is 410 g/mol. The number of rotatable bonds is 4. The van der Waals surface area contributed by atoms with E-state index < -0.39 is 0 Å². The Morgan fingerprint density at radius 3 is 2.48 bits per heavy atom. The van der Waals surface area contributed by atoms with Crippen LogP contribution in [0.25, 0.3) is 0 Å². The topological polar surface area (TPSA) is 55.1 Å². The Labute approximate surface area is 141 Å². The van der Waals surface area contributed by atoms with Gasteiger partial charge in [-0.3, -0.25) is 4.79 Å². The molecule has 3 nitrogen and oxygen atoms in total. The molecule has 21 heavy (non-hydrogen) atoms. The van der Waals surface area contributed by atoms with Crippen LogP contribution in [0.3, 0.4) is 0 Å². The van der Waals surface area contributed by atoms with Gasteiger partial charge in [0.25, 0.3) is 0 Å². The van der Waals surface area contributed by atoms with Gasteiger partial charge in [-0.1, -0.05) is 45.8 Å². The third kappa shape index (κ3) is 4.58. The molecule has 0 saturated heterocycles. The third-order valence-electron chi connectivity index (χ3n) is 3.11. The summed E-state index contributed by atoms with van der Waals surface area (Å²) < 4.78 is 1.63. The Morgan fingerprint density at radius 2 is 1.86 bits per heavy atom. The van der Waals surface area contributed by atoms with Crippen LogP contribution in [0.1, 0.15) is 17.5 Å². The lowest BCUT2D eigenvalue weighted by molar-refractivity contribution is -0.116. The van der Waals surface area contributed by atoms with Gasteiger partial charge in [0.1, 0.15) is 0 Å². The highest BCUT2D eigenvalue weighted by Gasteiger charge is 2.10. The van der Waals surface area contributed by atoms with Crippen LogP contribution in [0, 0.1) is 6.92 Å². The van der Waals surface area contributed by atoms with Crippen LogP contribution in [0.15, 0.2) is 45.3 Å². The second-order valence-corrected chi connectivity index (χ2v) is 6.66. The van der Waals surface area contributed by atoms with E-state index >= 15 is 0 Å². The molecule has 1 amide bonds. The predicted molar refractivity (Wildman–Crippen MR) is 94.4 cm³/mol. The van der Waals surface area contributed by atoms with E-state index in [1.54, 1.807) is 6.07 Å². The average molecular weight is 412 g/mol. The first-order chi connectivity index (χ1) is 9.95. The number of anilines is 2. The number of carbonyl (C=O) groups is 1. The molecule has 5 heteroatoms. The van der Waals surface area contributed by atoms with Gasteiger partial charge in [-0.15, -0.1) is 0 Å². The van der Waals surface area contributed by atoms with Gasteiger partial charge < -0.3 is 11.1 Å². The van der Waals surface area contributed by atoms with Crippen molar-refractivity contribution in [2.75, 3.05) is 11.1 Å². The van der Waals surface area contributed by atoms with Gasteiger partial charge in [0.2, 0.25) is 5.91 Å². The maximum absolute atomic E-state index is 12.0. The number of halogens is 2. The van der Waals surface area contributed by atoms with Crippen LogP contribution in [0.2, 0.25) is 0 Å². The quantitative estimate of drug-likeness (QED) is 0.718. The number of hydrogen-bond donors (Lipinski definition) is 2. The molecule has 110 valence electrons. The molecule has 3 N–H and O–H groups in total. The van der Waals surface area contributed by atoms with Crippen LogP contribution in [-0.4, -0.2) is 5.91 Å². The zero-order valence-electron chi connectivity index (χ0n) is 11.6. The molecular formula is C16H16Br2N2O. The summed E-state index contributed by atoms with van der Waals surface area (Å²) in [6.07, 6.45) is 1.13. The van der Waals surface area contributed by atoms with E-state index in [9.17, 15) is 4.79 Å². The predicted octanol–water partition coefficient (Wildman–Crippen LogP) is 4.67. The SMILES string of the molecule is Cc1ccc(CCC(=O)Nc2c(N)cc(Br)cc2Br)cc1. The van der Waals surface area contributed by atoms with E-state index in [1.807, 2.05) is 25.1 Å². The van der Waals surface area contributed by atoms with Crippen molar-refractivity contribution >= 4 is 49.1 Å². The maximum Gasteiger partial charge on any atom is 0.224 e. The molecule has 2 aromatic rings. The lowest BCUT2D eigenvalue weighted by Crippen LogP contribution is -2.14. The molecule has 0 aliphatic heterocycles. The van der Waals surface area contributed by atoms with Crippen molar-refractivity contribution in [2.45, 2.75) is 19.8 Å². The summed E-state index contributed by atoms with van der Waals surface area (Å²) in [4.78, 5) is 12.0. The second-order valence-electron chi connectivity index (χ2n) is 4.89. The van der Waals surface area contributed by atoms with Gasteiger partial charge in [-0.25, -0.2) is 0 Å². The molecule has 0 heterocycles. The Balaban J connectivity index is 1.97. The van der Waals surface area contributed by atoms with Crippen molar-refractivity contribution < 1.29 is 4.79 Å². The summed E-state index contributed by atoms with van der Waals surface area (Å²) in [6, 6.07) is 11.8. The van der Waals surface area contributed by atoms with E-state index in [2.05, 4.69) is 49.3 Å². The highest BCUT2D eigenvalue weighted by molar-refractivity contribution is 9.11. The standard InChI is InChI=1S/C16H16Br2N2O/c1-10-2-4-11(5-3-10)6-7-15(21)20-16-13(18)8-12(17)9-14(16)19/h2-5,8-9H,6-7,19H2,1H3,(H,20,21). The number of nitrogens with one attached hydrogen (secondary N) is 1. The Morgan fingerprint density at radius 1 is 1.19 bits per heavy atom. The fourth-order valence-electron chi connectivity index (χ4n) is 1.94. The summed E-state index contributed by atoms with van der Waals surface area (Å²) in [5, 5.41) is 2.86. The summed E-state index contributed by atoms with van der Waals surface area (Å²) >= 11 is 6.76. The first-order valence-electron chi connectivity index (χ1n) is 6.55. The highest BCUT2D eigenvalue weighted by atomic mass is 79.9. The number of aryl methyl sites for hydroxylation is 2. The molecule has 2 aromatic carbocycles. The van der Waals surface area contributed by atoms with Gasteiger partial charge in [-0.2, -0.15) is 0 Å². The van der Waals surface area contributed by atoms with Crippen LogP contribution in [0.4, 0.5) is 11.4 Å². The van der Waals surface area contributed by atoms with Gasteiger partial charge in [0.05, 0.1) is 11.4 Å². The minimum absolute atomic E-state index is 0.0507. The van der Waals surface area contributed by atoms with E-state index in [1.165, 1.54) is 5.56 Å². The van der Waals surface area contributed by atoms with Gasteiger partial charge in [0, 0.05) is 15.4 Å². The molecule has 0 aromatic heterocycles. The smallest absolute Gasteiger partial charge is 0.224 e. The van der Waals surface area contributed by atoms with Crippen molar-refractivity contribution in [1.29, 1.82) is 0 Å². The highest BCUT2D eigenvalue weighted by Crippen LogP contribution is 2.32. The molecule has 0 aliphatic rings. The van der Waals surface area contributed by atoms with E-state index in [0.29, 0.717) is 24.2 Å². The summed E-state index contributed by atoms with van der Waals surface area (Å²) in [5.41, 5.74) is 9.43. The first kappa shape index (κ1) is 16.0. The molecule has 2 rings (SSSR count). The van der Waals surface area contributed by atoms with Crippen LogP contribution in [-0.2, 0) is 11.2 Å². The van der Waals surface area contributed by atoms with Crippen molar-refractivity contribution in [1.82, 2.24) is 0 Å². The van der Waals surface area contributed by atoms with Gasteiger partial charge >= 0.3 is 0 Å². The number of carbonyl (C=O) groups excluding carboxylic acids is 1. The summed E-state index contributed by atoms with van der Waals surface area (Å²) in [7, 11) is 0. The third-order valence-corrected chi connectivity index (χ3v) is 4.19. The largest absolute Gasteiger partial charge is 0.397 e. The Kier molecular flexibility index (Phi) is 5.42. The van der Waals surface area contributed by atoms with Crippen molar-refractivity contribution in [2.24, 2.45) is 0 Å². The molecule has 0 unspecified atom stereocenters. The molecule has 0 spiro atoms.